The van der Waals surface area contributed by atoms with E-state index in [9.17, 15) is 9.59 Å². The molecule has 0 bridgehead atoms. The summed E-state index contributed by atoms with van der Waals surface area (Å²) in [5.41, 5.74) is 2.45. The fourth-order valence-corrected chi connectivity index (χ4v) is 3.67. The topological polar surface area (TPSA) is 87.7 Å². The number of para-hydroxylation sites is 1. The Balaban J connectivity index is 1.37. The number of anilines is 2. The summed E-state index contributed by atoms with van der Waals surface area (Å²) in [6, 6.07) is 11.3. The third-order valence-electron chi connectivity index (χ3n) is 5.20. The van der Waals surface area contributed by atoms with Crippen molar-refractivity contribution in [3.05, 3.63) is 47.8 Å². The number of hydrogen-bond acceptors (Lipinski definition) is 6. The zero-order valence-electron chi connectivity index (χ0n) is 16.5. The van der Waals surface area contributed by atoms with E-state index >= 15 is 0 Å². The van der Waals surface area contributed by atoms with E-state index in [0.29, 0.717) is 32.3 Å². The summed E-state index contributed by atoms with van der Waals surface area (Å²) in [5.74, 6) is 0.165. The molecule has 1 aromatic heterocycles. The molecule has 2 saturated heterocycles. The lowest BCUT2D eigenvalue weighted by molar-refractivity contribution is -0.126. The second-order valence-corrected chi connectivity index (χ2v) is 7.36. The first-order chi connectivity index (χ1) is 14.1. The maximum atomic E-state index is 12.7. The smallest absolute Gasteiger partial charge is 0.227 e. The van der Waals surface area contributed by atoms with Gasteiger partial charge in [-0.15, -0.1) is 0 Å². The Morgan fingerprint density at radius 3 is 2.72 bits per heavy atom. The van der Waals surface area contributed by atoms with Crippen LogP contribution in [0.1, 0.15) is 17.8 Å². The van der Waals surface area contributed by atoms with E-state index in [1.165, 1.54) is 0 Å². The molecular weight excluding hydrogens is 370 g/mol. The number of benzene rings is 1. The van der Waals surface area contributed by atoms with Crippen LogP contribution < -0.4 is 15.1 Å². The van der Waals surface area contributed by atoms with Crippen LogP contribution in [0.2, 0.25) is 0 Å². The zero-order chi connectivity index (χ0) is 20.2. The molecule has 4 rings (SSSR count). The molecule has 29 heavy (non-hydrogen) atoms. The highest BCUT2D eigenvalue weighted by molar-refractivity contribution is 6.00. The van der Waals surface area contributed by atoms with Crippen molar-refractivity contribution < 1.29 is 14.3 Å². The molecule has 0 aliphatic carbocycles. The number of nitrogens with zero attached hydrogens (tertiary/aromatic N) is 4. The number of aryl methyl sites for hydroxylation is 1. The van der Waals surface area contributed by atoms with E-state index in [4.69, 9.17) is 4.74 Å². The maximum Gasteiger partial charge on any atom is 0.227 e. The van der Waals surface area contributed by atoms with Crippen molar-refractivity contribution in [3.63, 3.8) is 0 Å². The minimum Gasteiger partial charge on any atom is -0.378 e. The molecule has 0 radical (unpaired) electrons. The van der Waals surface area contributed by atoms with Crippen LogP contribution in [0.4, 0.5) is 11.6 Å². The monoisotopic (exact) mass is 395 g/mol. The molecule has 1 aromatic carbocycles. The van der Waals surface area contributed by atoms with Gasteiger partial charge in [-0.05, 0) is 25.1 Å². The van der Waals surface area contributed by atoms with Crippen LogP contribution in [0, 0.1) is 12.8 Å². The standard InChI is InChI=1S/C21H25N5O3/c1-15-11-17(24-21(23-15)25-7-9-29-10-8-25)13-22-20(28)16-12-19(27)26(14-16)18-5-3-2-4-6-18/h2-6,11,16H,7-10,12-14H2,1H3,(H,22,28). The maximum absolute atomic E-state index is 12.7. The number of carbonyl (C=O) groups excluding carboxylic acids is 2. The van der Waals surface area contributed by atoms with E-state index in [-0.39, 0.29) is 24.2 Å². The molecule has 1 N–H and O–H groups in total. The predicted octanol–water partition coefficient (Wildman–Crippen LogP) is 1.29. The van der Waals surface area contributed by atoms with E-state index in [1.54, 1.807) is 4.90 Å². The summed E-state index contributed by atoms with van der Waals surface area (Å²) in [7, 11) is 0. The molecule has 0 saturated carbocycles. The number of hydrogen-bond donors (Lipinski definition) is 1. The van der Waals surface area contributed by atoms with Gasteiger partial charge in [0.25, 0.3) is 0 Å². The van der Waals surface area contributed by atoms with Crippen molar-refractivity contribution in [2.24, 2.45) is 5.92 Å². The molecule has 2 amide bonds. The fraction of sp³-hybridized carbons (Fsp3) is 0.429. The summed E-state index contributed by atoms with van der Waals surface area (Å²) in [6.07, 6.45) is 0.225. The number of rotatable bonds is 5. The average Bonchev–Trinajstić information content (AvgIpc) is 3.15. The molecule has 1 atom stereocenters. The molecular formula is C21H25N5O3. The number of morpholine rings is 1. The minimum atomic E-state index is -0.357. The highest BCUT2D eigenvalue weighted by Gasteiger charge is 2.35. The molecule has 2 fully saturated rings. The van der Waals surface area contributed by atoms with Gasteiger partial charge in [0.2, 0.25) is 17.8 Å². The van der Waals surface area contributed by atoms with Crippen molar-refractivity contribution in [2.75, 3.05) is 42.6 Å². The number of carbonyl (C=O) groups is 2. The largest absolute Gasteiger partial charge is 0.378 e. The second-order valence-electron chi connectivity index (χ2n) is 7.36. The highest BCUT2D eigenvalue weighted by Crippen LogP contribution is 2.25. The Labute approximate surface area is 169 Å². The predicted molar refractivity (Wildman–Crippen MR) is 109 cm³/mol. The van der Waals surface area contributed by atoms with Crippen LogP contribution in [-0.4, -0.2) is 54.6 Å². The summed E-state index contributed by atoms with van der Waals surface area (Å²) in [5, 5.41) is 2.94. The summed E-state index contributed by atoms with van der Waals surface area (Å²) < 4.78 is 5.38. The molecule has 0 spiro atoms. The lowest BCUT2D eigenvalue weighted by atomic mass is 10.1. The molecule has 3 heterocycles. The van der Waals surface area contributed by atoms with Gasteiger partial charge in [-0.25, -0.2) is 9.97 Å². The second kappa shape index (κ2) is 8.57. The molecule has 2 aromatic rings. The number of amides is 2. The van der Waals surface area contributed by atoms with Crippen LogP contribution in [-0.2, 0) is 20.9 Å². The SMILES string of the molecule is Cc1cc(CNC(=O)C2CC(=O)N(c3ccccc3)C2)nc(N2CCOCC2)n1. The van der Waals surface area contributed by atoms with E-state index < -0.39 is 0 Å². The van der Waals surface area contributed by atoms with Gasteiger partial charge in [0.15, 0.2) is 0 Å². The average molecular weight is 395 g/mol. The summed E-state index contributed by atoms with van der Waals surface area (Å²) in [6.45, 7) is 5.48. The van der Waals surface area contributed by atoms with Gasteiger partial charge in [0.1, 0.15) is 0 Å². The van der Waals surface area contributed by atoms with Crippen LogP contribution in [0.3, 0.4) is 0 Å². The number of nitrogens with one attached hydrogen (secondary N) is 1. The van der Waals surface area contributed by atoms with Gasteiger partial charge in [-0.3, -0.25) is 9.59 Å². The van der Waals surface area contributed by atoms with Crippen LogP contribution >= 0.6 is 0 Å². The van der Waals surface area contributed by atoms with Crippen LogP contribution in [0.5, 0.6) is 0 Å². The van der Waals surface area contributed by atoms with E-state index in [2.05, 4.69) is 20.2 Å². The Morgan fingerprint density at radius 1 is 1.21 bits per heavy atom. The van der Waals surface area contributed by atoms with E-state index in [0.717, 1.165) is 30.2 Å². The number of aromatic nitrogens is 2. The summed E-state index contributed by atoms with van der Waals surface area (Å²) >= 11 is 0. The van der Waals surface area contributed by atoms with Gasteiger partial charge >= 0.3 is 0 Å². The van der Waals surface area contributed by atoms with Crippen molar-refractivity contribution in [3.8, 4) is 0 Å². The first-order valence-electron chi connectivity index (χ1n) is 9.90. The van der Waals surface area contributed by atoms with Crippen molar-refractivity contribution in [1.82, 2.24) is 15.3 Å². The minimum absolute atomic E-state index is 0.0242. The van der Waals surface area contributed by atoms with Gasteiger partial charge in [0, 0.05) is 37.4 Å². The Bertz CT molecular complexity index is 883. The van der Waals surface area contributed by atoms with E-state index in [1.807, 2.05) is 43.3 Å². The molecule has 1 unspecified atom stereocenters. The third-order valence-corrected chi connectivity index (χ3v) is 5.20. The quantitative estimate of drug-likeness (QED) is 0.821. The Kier molecular flexibility index (Phi) is 5.71. The molecule has 2 aliphatic heterocycles. The van der Waals surface area contributed by atoms with Crippen LogP contribution in [0.25, 0.3) is 0 Å². The van der Waals surface area contributed by atoms with Crippen molar-refractivity contribution >= 4 is 23.5 Å². The third kappa shape index (κ3) is 4.54. The lowest BCUT2D eigenvalue weighted by Crippen LogP contribution is -2.38. The lowest BCUT2D eigenvalue weighted by Gasteiger charge is -2.27. The molecule has 152 valence electrons. The van der Waals surface area contributed by atoms with Gasteiger partial charge < -0.3 is 19.9 Å². The van der Waals surface area contributed by atoms with Crippen molar-refractivity contribution in [2.45, 2.75) is 19.9 Å². The Hall–Kier alpha value is -3.00. The Morgan fingerprint density at radius 2 is 1.97 bits per heavy atom. The van der Waals surface area contributed by atoms with Gasteiger partial charge in [-0.2, -0.15) is 0 Å². The number of ether oxygens (including phenoxy) is 1. The van der Waals surface area contributed by atoms with Crippen molar-refractivity contribution in [1.29, 1.82) is 0 Å². The molecule has 2 aliphatic rings. The van der Waals surface area contributed by atoms with Gasteiger partial charge in [-0.1, -0.05) is 18.2 Å². The normalized spacial score (nSPS) is 19.5. The summed E-state index contributed by atoms with van der Waals surface area (Å²) in [4.78, 5) is 37.9. The van der Waals surface area contributed by atoms with Gasteiger partial charge in [0.05, 0.1) is 31.4 Å². The fourth-order valence-electron chi connectivity index (χ4n) is 3.67. The molecule has 8 nitrogen and oxygen atoms in total. The zero-order valence-corrected chi connectivity index (χ0v) is 16.5. The van der Waals surface area contributed by atoms with Crippen LogP contribution in [0.15, 0.2) is 36.4 Å². The first kappa shape index (κ1) is 19.3. The molecule has 8 heteroatoms. The first-order valence-corrected chi connectivity index (χ1v) is 9.90. The highest BCUT2D eigenvalue weighted by atomic mass is 16.5.